The van der Waals surface area contributed by atoms with Crippen LogP contribution in [0.5, 0.6) is 0 Å². The van der Waals surface area contributed by atoms with Crippen LogP contribution in [0.15, 0.2) is 0 Å². The summed E-state index contributed by atoms with van der Waals surface area (Å²) in [5.41, 5.74) is 0. The fraction of sp³-hybridized carbons (Fsp3) is 0.833. The van der Waals surface area contributed by atoms with E-state index >= 15 is 0 Å². The van der Waals surface area contributed by atoms with Crippen LogP contribution in [0.2, 0.25) is 0 Å². The molecule has 0 aromatic carbocycles. The molecule has 1 nitrogen and oxygen atoms in total. The number of nitrogens with one attached hydrogen (secondary N) is 1. The first-order valence-corrected chi connectivity index (χ1v) is 5.49. The van der Waals surface area contributed by atoms with Crippen molar-refractivity contribution in [2.24, 2.45) is 5.92 Å². The van der Waals surface area contributed by atoms with Crippen molar-refractivity contribution >= 4 is 0 Å². The Kier molecular flexibility index (Phi) is 4.93. The lowest BCUT2D eigenvalue weighted by Crippen LogP contribution is -2.27. The standard InChI is InChI=1S/C12H21N/c1-3-4-5-6-7-8-12(13-2)11-9-10-11/h1,11-13H,4-10H2,2H3. The predicted molar refractivity (Wildman–Crippen MR) is 57.5 cm³/mol. The molecule has 1 heteroatoms. The third kappa shape index (κ3) is 4.33. The molecule has 74 valence electrons. The molecule has 1 N–H and O–H groups in total. The summed E-state index contributed by atoms with van der Waals surface area (Å²) in [6, 6.07) is 0.783. The number of rotatable bonds is 7. The maximum atomic E-state index is 5.19. The second kappa shape index (κ2) is 6.05. The van der Waals surface area contributed by atoms with Gasteiger partial charge in [-0.2, -0.15) is 0 Å². The van der Waals surface area contributed by atoms with E-state index < -0.39 is 0 Å². The van der Waals surface area contributed by atoms with Gasteiger partial charge in [-0.1, -0.05) is 12.8 Å². The molecule has 1 rings (SSSR count). The minimum absolute atomic E-state index is 0.783. The fourth-order valence-electron chi connectivity index (χ4n) is 1.88. The largest absolute Gasteiger partial charge is 0.317 e. The first kappa shape index (κ1) is 10.6. The van der Waals surface area contributed by atoms with Gasteiger partial charge in [-0.15, -0.1) is 12.3 Å². The van der Waals surface area contributed by atoms with Crippen molar-refractivity contribution < 1.29 is 0 Å². The zero-order valence-electron chi connectivity index (χ0n) is 8.68. The van der Waals surface area contributed by atoms with Gasteiger partial charge < -0.3 is 5.32 Å². The van der Waals surface area contributed by atoms with Gasteiger partial charge in [0.2, 0.25) is 0 Å². The Hall–Kier alpha value is -0.480. The van der Waals surface area contributed by atoms with Gasteiger partial charge in [-0.25, -0.2) is 0 Å². The van der Waals surface area contributed by atoms with Crippen molar-refractivity contribution in [1.29, 1.82) is 0 Å². The molecule has 0 bridgehead atoms. The Labute approximate surface area is 82.3 Å². The summed E-state index contributed by atoms with van der Waals surface area (Å²) in [6.45, 7) is 0. The van der Waals surface area contributed by atoms with Crippen LogP contribution in [0.25, 0.3) is 0 Å². The van der Waals surface area contributed by atoms with Crippen LogP contribution in [0, 0.1) is 18.3 Å². The summed E-state index contributed by atoms with van der Waals surface area (Å²) < 4.78 is 0. The van der Waals surface area contributed by atoms with Crippen LogP contribution in [-0.2, 0) is 0 Å². The first-order chi connectivity index (χ1) is 6.38. The Morgan fingerprint density at radius 2 is 2.15 bits per heavy atom. The lowest BCUT2D eigenvalue weighted by atomic mass is 10.0. The van der Waals surface area contributed by atoms with Crippen LogP contribution < -0.4 is 5.32 Å². The van der Waals surface area contributed by atoms with Gasteiger partial charge in [0, 0.05) is 12.5 Å². The van der Waals surface area contributed by atoms with Crippen molar-refractivity contribution in [2.45, 2.75) is 51.0 Å². The highest BCUT2D eigenvalue weighted by Gasteiger charge is 2.29. The fourth-order valence-corrected chi connectivity index (χ4v) is 1.88. The Morgan fingerprint density at radius 1 is 1.38 bits per heavy atom. The molecule has 0 spiro atoms. The van der Waals surface area contributed by atoms with Gasteiger partial charge in [-0.3, -0.25) is 0 Å². The lowest BCUT2D eigenvalue weighted by Gasteiger charge is -2.14. The van der Waals surface area contributed by atoms with E-state index in [0.29, 0.717) is 0 Å². The maximum Gasteiger partial charge on any atom is 0.00923 e. The molecule has 1 unspecified atom stereocenters. The summed E-state index contributed by atoms with van der Waals surface area (Å²) in [5, 5.41) is 3.41. The first-order valence-electron chi connectivity index (χ1n) is 5.49. The summed E-state index contributed by atoms with van der Waals surface area (Å²) >= 11 is 0. The molecule has 13 heavy (non-hydrogen) atoms. The summed E-state index contributed by atoms with van der Waals surface area (Å²) in [7, 11) is 2.09. The molecule has 1 aliphatic carbocycles. The van der Waals surface area contributed by atoms with E-state index in [1.165, 1.54) is 38.5 Å². The van der Waals surface area contributed by atoms with Crippen LogP contribution >= 0.6 is 0 Å². The molecular formula is C12H21N. The molecule has 0 amide bonds. The van der Waals surface area contributed by atoms with E-state index in [4.69, 9.17) is 6.42 Å². The minimum Gasteiger partial charge on any atom is -0.317 e. The van der Waals surface area contributed by atoms with Crippen molar-refractivity contribution in [3.8, 4) is 12.3 Å². The SMILES string of the molecule is C#CCCCCCC(NC)C1CC1. The lowest BCUT2D eigenvalue weighted by molar-refractivity contribution is 0.446. The quantitative estimate of drug-likeness (QED) is 0.468. The molecule has 1 saturated carbocycles. The van der Waals surface area contributed by atoms with Crippen LogP contribution in [0.3, 0.4) is 0 Å². The molecule has 0 aromatic heterocycles. The molecule has 1 atom stereocenters. The van der Waals surface area contributed by atoms with Gasteiger partial charge in [-0.05, 0) is 38.6 Å². The van der Waals surface area contributed by atoms with Gasteiger partial charge >= 0.3 is 0 Å². The highest BCUT2D eigenvalue weighted by atomic mass is 14.9. The summed E-state index contributed by atoms with van der Waals surface area (Å²) in [5.74, 6) is 3.67. The zero-order chi connectivity index (χ0) is 9.52. The van der Waals surface area contributed by atoms with Crippen molar-refractivity contribution in [1.82, 2.24) is 5.32 Å². The average Bonchev–Trinajstić information content (AvgIpc) is 2.95. The highest BCUT2D eigenvalue weighted by molar-refractivity contribution is 4.86. The van der Waals surface area contributed by atoms with E-state index in [2.05, 4.69) is 18.3 Å². The molecule has 0 aromatic rings. The van der Waals surface area contributed by atoms with Crippen LogP contribution in [-0.4, -0.2) is 13.1 Å². The Bertz CT molecular complexity index is 164. The van der Waals surface area contributed by atoms with Crippen LogP contribution in [0.1, 0.15) is 44.9 Å². The number of unbranched alkanes of at least 4 members (excludes halogenated alkanes) is 3. The van der Waals surface area contributed by atoms with Crippen molar-refractivity contribution in [2.75, 3.05) is 7.05 Å². The average molecular weight is 179 g/mol. The monoisotopic (exact) mass is 179 g/mol. The van der Waals surface area contributed by atoms with E-state index in [1.54, 1.807) is 0 Å². The molecule has 0 radical (unpaired) electrons. The van der Waals surface area contributed by atoms with Gasteiger partial charge in [0.05, 0.1) is 0 Å². The second-order valence-electron chi connectivity index (χ2n) is 4.04. The normalized spacial score (nSPS) is 18.2. The Balaban J connectivity index is 1.94. The van der Waals surface area contributed by atoms with Gasteiger partial charge in [0.1, 0.15) is 0 Å². The van der Waals surface area contributed by atoms with Crippen molar-refractivity contribution in [3.63, 3.8) is 0 Å². The second-order valence-corrected chi connectivity index (χ2v) is 4.04. The number of hydrogen-bond donors (Lipinski definition) is 1. The molecular weight excluding hydrogens is 158 g/mol. The van der Waals surface area contributed by atoms with Crippen LogP contribution in [0.4, 0.5) is 0 Å². The molecule has 0 heterocycles. The molecule has 1 fully saturated rings. The maximum absolute atomic E-state index is 5.19. The van der Waals surface area contributed by atoms with E-state index in [0.717, 1.165) is 18.4 Å². The Morgan fingerprint density at radius 3 is 2.69 bits per heavy atom. The van der Waals surface area contributed by atoms with E-state index in [1.807, 2.05) is 0 Å². The summed E-state index contributed by atoms with van der Waals surface area (Å²) in [6.07, 6.45) is 14.2. The predicted octanol–water partition coefficient (Wildman–Crippen LogP) is 2.57. The molecule has 1 aliphatic rings. The van der Waals surface area contributed by atoms with Crippen molar-refractivity contribution in [3.05, 3.63) is 0 Å². The van der Waals surface area contributed by atoms with E-state index in [-0.39, 0.29) is 0 Å². The highest BCUT2D eigenvalue weighted by Crippen LogP contribution is 2.34. The van der Waals surface area contributed by atoms with Gasteiger partial charge in [0.25, 0.3) is 0 Å². The van der Waals surface area contributed by atoms with E-state index in [9.17, 15) is 0 Å². The molecule has 0 saturated heterocycles. The van der Waals surface area contributed by atoms with Gasteiger partial charge in [0.15, 0.2) is 0 Å². The topological polar surface area (TPSA) is 12.0 Å². The minimum atomic E-state index is 0.783. The number of terminal acetylenes is 1. The number of hydrogen-bond acceptors (Lipinski definition) is 1. The third-order valence-corrected chi connectivity index (χ3v) is 2.90. The summed E-state index contributed by atoms with van der Waals surface area (Å²) in [4.78, 5) is 0. The zero-order valence-corrected chi connectivity index (χ0v) is 8.68. The smallest absolute Gasteiger partial charge is 0.00923 e. The molecule has 0 aliphatic heterocycles. The third-order valence-electron chi connectivity index (χ3n) is 2.90.